The maximum atomic E-state index is 12.9. The van der Waals surface area contributed by atoms with Crippen molar-refractivity contribution in [3.8, 4) is 22.9 Å². The molecule has 0 amide bonds. The average molecular weight is 515 g/mol. The molecule has 0 bridgehead atoms. The molecule has 2 aliphatic heterocycles. The summed E-state index contributed by atoms with van der Waals surface area (Å²) in [5.74, 6) is 1.54. The molecule has 2 aromatic heterocycles. The summed E-state index contributed by atoms with van der Waals surface area (Å²) in [7, 11) is 0. The van der Waals surface area contributed by atoms with Crippen molar-refractivity contribution in [1.29, 1.82) is 0 Å². The van der Waals surface area contributed by atoms with Gasteiger partial charge in [0.2, 0.25) is 6.79 Å². The summed E-state index contributed by atoms with van der Waals surface area (Å²) in [6.45, 7) is 1.64. The van der Waals surface area contributed by atoms with Gasteiger partial charge in [-0.1, -0.05) is 23.7 Å². The maximum absolute atomic E-state index is 12.9. The lowest BCUT2D eigenvalue weighted by molar-refractivity contribution is -0.137. The van der Waals surface area contributed by atoms with E-state index in [-0.39, 0.29) is 18.2 Å². The Labute approximate surface area is 207 Å². The third-order valence-corrected chi connectivity index (χ3v) is 6.69. The summed E-state index contributed by atoms with van der Waals surface area (Å²) >= 11 is 6.47. The van der Waals surface area contributed by atoms with Crippen LogP contribution in [0.5, 0.6) is 11.5 Å². The highest BCUT2D eigenvalue weighted by Crippen LogP contribution is 2.37. The molecule has 184 valence electrons. The molecular weight excluding hydrogens is 497 g/mol. The van der Waals surface area contributed by atoms with Gasteiger partial charge in [-0.05, 0) is 24.3 Å². The Kier molecular flexibility index (Phi) is 5.38. The number of aromatic amines is 1. The van der Waals surface area contributed by atoms with E-state index in [1.165, 1.54) is 12.1 Å². The van der Waals surface area contributed by atoms with E-state index in [1.807, 2.05) is 12.1 Å². The van der Waals surface area contributed by atoms with E-state index >= 15 is 0 Å². The second-order valence-corrected chi connectivity index (χ2v) is 9.07. The van der Waals surface area contributed by atoms with Crippen LogP contribution in [0.15, 0.2) is 47.3 Å². The Hall–Kier alpha value is -3.63. The predicted octanol–water partition coefficient (Wildman–Crippen LogP) is 4.94. The van der Waals surface area contributed by atoms with Crippen molar-refractivity contribution in [2.45, 2.75) is 25.7 Å². The number of benzene rings is 2. The minimum Gasteiger partial charge on any atom is -0.454 e. The Morgan fingerprint density at radius 1 is 1.06 bits per heavy atom. The first-order valence-electron chi connectivity index (χ1n) is 11.2. The van der Waals surface area contributed by atoms with Gasteiger partial charge < -0.3 is 14.5 Å². The topological polar surface area (TPSA) is 80.3 Å². The molecule has 4 aromatic rings. The Morgan fingerprint density at radius 2 is 1.81 bits per heavy atom. The molecule has 2 aromatic carbocycles. The Morgan fingerprint density at radius 3 is 2.56 bits per heavy atom. The van der Waals surface area contributed by atoms with Gasteiger partial charge in [-0.3, -0.25) is 9.69 Å². The van der Waals surface area contributed by atoms with E-state index in [0.29, 0.717) is 65.0 Å². The van der Waals surface area contributed by atoms with Gasteiger partial charge >= 0.3 is 6.18 Å². The first-order chi connectivity index (χ1) is 17.2. The van der Waals surface area contributed by atoms with Crippen LogP contribution < -0.4 is 15.0 Å². The SMILES string of the molecule is O=c1[nH]c(-c2ccc(C(F)(F)F)cc2)nc2c1CN(Cc1cc3cc4c(cc3nc1Cl)OCO4)CC2. The molecule has 0 aliphatic carbocycles. The van der Waals surface area contributed by atoms with Crippen molar-refractivity contribution in [1.82, 2.24) is 19.9 Å². The minimum absolute atomic E-state index is 0.169. The van der Waals surface area contributed by atoms with Gasteiger partial charge in [-0.25, -0.2) is 9.97 Å². The smallest absolute Gasteiger partial charge is 0.416 e. The maximum Gasteiger partial charge on any atom is 0.416 e. The van der Waals surface area contributed by atoms with Crippen LogP contribution in [-0.4, -0.2) is 33.2 Å². The summed E-state index contributed by atoms with van der Waals surface area (Å²) in [6.07, 6.45) is -3.91. The van der Waals surface area contributed by atoms with E-state index < -0.39 is 11.7 Å². The highest BCUT2D eigenvalue weighted by Gasteiger charge is 2.30. The number of halogens is 4. The fourth-order valence-electron chi connectivity index (χ4n) is 4.51. The third-order valence-electron chi connectivity index (χ3n) is 6.36. The zero-order chi connectivity index (χ0) is 25.0. The second kappa shape index (κ2) is 8.49. The molecule has 0 saturated heterocycles. The summed E-state index contributed by atoms with van der Waals surface area (Å²) in [6, 6.07) is 10.2. The van der Waals surface area contributed by atoms with Crippen LogP contribution in [0.3, 0.4) is 0 Å². The number of aromatic nitrogens is 3. The number of ether oxygens (including phenoxy) is 2. The van der Waals surface area contributed by atoms with Gasteiger partial charge in [0.1, 0.15) is 11.0 Å². The van der Waals surface area contributed by atoms with Gasteiger partial charge in [0.15, 0.2) is 11.5 Å². The third kappa shape index (κ3) is 4.16. The number of alkyl halides is 3. The number of nitrogens with zero attached hydrogens (tertiary/aromatic N) is 3. The Balaban J connectivity index is 1.24. The van der Waals surface area contributed by atoms with Crippen LogP contribution >= 0.6 is 11.6 Å². The van der Waals surface area contributed by atoms with Gasteiger partial charge in [0.25, 0.3) is 5.56 Å². The number of nitrogens with one attached hydrogen (secondary N) is 1. The molecule has 7 nitrogen and oxygen atoms in total. The van der Waals surface area contributed by atoms with Crippen molar-refractivity contribution in [3.63, 3.8) is 0 Å². The molecule has 0 unspecified atom stereocenters. The van der Waals surface area contributed by atoms with E-state index in [4.69, 9.17) is 21.1 Å². The number of hydrogen-bond acceptors (Lipinski definition) is 6. The molecule has 0 saturated carbocycles. The molecule has 6 rings (SSSR count). The van der Waals surface area contributed by atoms with Crippen molar-refractivity contribution in [2.75, 3.05) is 13.3 Å². The molecule has 0 spiro atoms. The van der Waals surface area contributed by atoms with Gasteiger partial charge in [-0.15, -0.1) is 0 Å². The van der Waals surface area contributed by atoms with Crippen molar-refractivity contribution < 1.29 is 22.6 Å². The zero-order valence-electron chi connectivity index (χ0n) is 18.7. The molecule has 11 heteroatoms. The molecule has 1 N–H and O–H groups in total. The van der Waals surface area contributed by atoms with Crippen molar-refractivity contribution in [3.05, 3.63) is 80.4 Å². The molecular formula is C25H18ClF3N4O3. The van der Waals surface area contributed by atoms with Crippen molar-refractivity contribution in [2.24, 2.45) is 0 Å². The van der Waals surface area contributed by atoms with Crippen LogP contribution in [0.25, 0.3) is 22.3 Å². The van der Waals surface area contributed by atoms with E-state index in [9.17, 15) is 18.0 Å². The number of pyridine rings is 1. The first kappa shape index (κ1) is 22.8. The van der Waals surface area contributed by atoms with Gasteiger partial charge in [0.05, 0.1) is 22.3 Å². The molecule has 0 atom stereocenters. The number of fused-ring (bicyclic) bond motifs is 3. The van der Waals surface area contributed by atoms with E-state index in [2.05, 4.69) is 19.9 Å². The van der Waals surface area contributed by atoms with Gasteiger partial charge in [-0.2, -0.15) is 13.2 Å². The Bertz CT molecular complexity index is 1550. The fourth-order valence-corrected chi connectivity index (χ4v) is 4.71. The quantitative estimate of drug-likeness (QED) is 0.390. The largest absolute Gasteiger partial charge is 0.454 e. The van der Waals surface area contributed by atoms with Crippen LogP contribution in [0, 0.1) is 0 Å². The lowest BCUT2D eigenvalue weighted by atomic mass is 10.0. The average Bonchev–Trinajstić information content (AvgIpc) is 3.30. The monoisotopic (exact) mass is 514 g/mol. The normalized spacial score (nSPS) is 15.3. The first-order valence-corrected chi connectivity index (χ1v) is 11.5. The molecule has 0 fully saturated rings. The summed E-state index contributed by atoms with van der Waals surface area (Å²) in [5.41, 5.74) is 2.04. The minimum atomic E-state index is -4.43. The standard InChI is InChI=1S/C25H18ClF3N4O3/c26-22-15(7-14-8-20-21(36-12-35-20)9-19(14)30-22)10-33-6-5-18-17(11-33)24(34)32-23(31-18)13-1-3-16(4-2-13)25(27,28)29/h1-4,7-9H,5-6,10-12H2,(H,31,32,34). The molecule has 36 heavy (non-hydrogen) atoms. The summed E-state index contributed by atoms with van der Waals surface area (Å²) in [4.78, 5) is 26.7. The van der Waals surface area contributed by atoms with Gasteiger partial charge in [0, 0.05) is 48.6 Å². The lowest BCUT2D eigenvalue weighted by Gasteiger charge is -2.28. The molecule has 2 aliphatic rings. The zero-order valence-corrected chi connectivity index (χ0v) is 19.4. The van der Waals surface area contributed by atoms with Crippen LogP contribution in [0.1, 0.15) is 22.4 Å². The number of rotatable bonds is 3. The molecule has 4 heterocycles. The summed E-state index contributed by atoms with van der Waals surface area (Å²) < 4.78 is 49.4. The number of H-pyrrole nitrogens is 1. The second-order valence-electron chi connectivity index (χ2n) is 8.71. The van der Waals surface area contributed by atoms with E-state index in [0.717, 1.165) is 23.1 Å². The summed E-state index contributed by atoms with van der Waals surface area (Å²) in [5, 5.41) is 1.24. The molecule has 0 radical (unpaired) electrons. The fraction of sp³-hybridized carbons (Fsp3) is 0.240. The van der Waals surface area contributed by atoms with Crippen LogP contribution in [0.2, 0.25) is 5.15 Å². The van der Waals surface area contributed by atoms with Crippen LogP contribution in [0.4, 0.5) is 13.2 Å². The highest BCUT2D eigenvalue weighted by molar-refractivity contribution is 6.30. The van der Waals surface area contributed by atoms with E-state index in [1.54, 1.807) is 6.07 Å². The van der Waals surface area contributed by atoms with Crippen molar-refractivity contribution >= 4 is 22.5 Å². The lowest BCUT2D eigenvalue weighted by Crippen LogP contribution is -2.35. The van der Waals surface area contributed by atoms with Crippen LogP contribution in [-0.2, 0) is 25.7 Å². The predicted molar refractivity (Wildman–Crippen MR) is 126 cm³/mol. The number of hydrogen-bond donors (Lipinski definition) is 1. The highest BCUT2D eigenvalue weighted by atomic mass is 35.5.